The van der Waals surface area contributed by atoms with E-state index in [0.717, 1.165) is 32.4 Å². The van der Waals surface area contributed by atoms with Gasteiger partial charge in [-0.1, -0.05) is 30.3 Å². The number of rotatable bonds is 6. The first-order valence-corrected chi connectivity index (χ1v) is 8.63. The summed E-state index contributed by atoms with van der Waals surface area (Å²) in [5, 5.41) is 12.3. The van der Waals surface area contributed by atoms with Crippen molar-refractivity contribution in [3.63, 3.8) is 0 Å². The molecule has 2 fully saturated rings. The molecular weight excluding hydrogens is 290 g/mol. The summed E-state index contributed by atoms with van der Waals surface area (Å²) >= 11 is 0. The van der Waals surface area contributed by atoms with Gasteiger partial charge < -0.3 is 15.3 Å². The minimum Gasteiger partial charge on any atom is -0.395 e. The van der Waals surface area contributed by atoms with Gasteiger partial charge in [-0.25, -0.2) is 4.79 Å². The zero-order valence-electron chi connectivity index (χ0n) is 13.8. The van der Waals surface area contributed by atoms with Crippen LogP contribution >= 0.6 is 0 Å². The number of urea groups is 1. The van der Waals surface area contributed by atoms with Crippen LogP contribution in [-0.2, 0) is 6.54 Å². The van der Waals surface area contributed by atoms with E-state index in [1.807, 2.05) is 6.07 Å². The summed E-state index contributed by atoms with van der Waals surface area (Å²) in [6.45, 7) is 4.51. The van der Waals surface area contributed by atoms with Gasteiger partial charge in [0.05, 0.1) is 6.61 Å². The maximum absolute atomic E-state index is 12.4. The number of benzene rings is 1. The second-order valence-electron chi connectivity index (χ2n) is 6.79. The molecule has 5 heteroatoms. The number of hydrogen-bond acceptors (Lipinski definition) is 3. The summed E-state index contributed by atoms with van der Waals surface area (Å²) in [6, 6.07) is 11.4. The molecule has 2 amide bonds. The number of likely N-dealkylation sites (tertiary alicyclic amines) is 1. The van der Waals surface area contributed by atoms with Crippen molar-refractivity contribution in [1.82, 2.24) is 15.1 Å². The SMILES string of the molecule is CC1CC(NC(=O)N(CCO)C2CC2)CN1Cc1ccccc1. The van der Waals surface area contributed by atoms with Gasteiger partial charge in [0.25, 0.3) is 0 Å². The zero-order valence-corrected chi connectivity index (χ0v) is 13.8. The summed E-state index contributed by atoms with van der Waals surface area (Å²) in [7, 11) is 0. The third kappa shape index (κ3) is 4.24. The predicted octanol–water partition coefficient (Wildman–Crippen LogP) is 1.82. The minimum atomic E-state index is -0.0136. The molecule has 1 aliphatic carbocycles. The molecule has 0 radical (unpaired) electrons. The Balaban J connectivity index is 1.52. The first kappa shape index (κ1) is 16.3. The molecule has 2 atom stereocenters. The topological polar surface area (TPSA) is 55.8 Å². The molecule has 5 nitrogen and oxygen atoms in total. The Bertz CT molecular complexity index is 518. The second-order valence-corrected chi connectivity index (χ2v) is 6.79. The average Bonchev–Trinajstić information content (AvgIpc) is 3.32. The van der Waals surface area contributed by atoms with E-state index in [2.05, 4.69) is 41.4 Å². The highest BCUT2D eigenvalue weighted by molar-refractivity contribution is 5.75. The monoisotopic (exact) mass is 317 g/mol. The molecule has 2 N–H and O–H groups in total. The van der Waals surface area contributed by atoms with Crippen molar-refractivity contribution in [2.75, 3.05) is 19.7 Å². The molecule has 23 heavy (non-hydrogen) atoms. The molecule has 0 aromatic heterocycles. The largest absolute Gasteiger partial charge is 0.395 e. The number of hydrogen-bond donors (Lipinski definition) is 2. The lowest BCUT2D eigenvalue weighted by molar-refractivity contribution is 0.170. The van der Waals surface area contributed by atoms with Crippen LogP contribution in [0.5, 0.6) is 0 Å². The van der Waals surface area contributed by atoms with E-state index in [4.69, 9.17) is 5.11 Å². The van der Waals surface area contributed by atoms with E-state index >= 15 is 0 Å². The maximum Gasteiger partial charge on any atom is 0.317 e. The molecule has 126 valence electrons. The van der Waals surface area contributed by atoms with Crippen molar-refractivity contribution < 1.29 is 9.90 Å². The van der Waals surface area contributed by atoms with Gasteiger partial charge in [-0.15, -0.1) is 0 Å². The molecule has 1 aliphatic heterocycles. The van der Waals surface area contributed by atoms with Crippen LogP contribution in [0.1, 0.15) is 31.7 Å². The normalized spacial score (nSPS) is 24.6. The fourth-order valence-corrected chi connectivity index (χ4v) is 3.44. The number of amides is 2. The fourth-order valence-electron chi connectivity index (χ4n) is 3.44. The Kier molecular flexibility index (Phi) is 5.18. The molecule has 2 unspecified atom stereocenters. The highest BCUT2D eigenvalue weighted by Gasteiger charge is 2.35. The fraction of sp³-hybridized carbons (Fsp3) is 0.611. The minimum absolute atomic E-state index is 0.0136. The number of nitrogens with zero attached hydrogens (tertiary/aromatic N) is 2. The van der Waals surface area contributed by atoms with Crippen molar-refractivity contribution in [1.29, 1.82) is 0 Å². The number of aliphatic hydroxyl groups excluding tert-OH is 1. The third-order valence-corrected chi connectivity index (χ3v) is 4.85. The average molecular weight is 317 g/mol. The van der Waals surface area contributed by atoms with Gasteiger partial charge >= 0.3 is 6.03 Å². The van der Waals surface area contributed by atoms with Crippen LogP contribution in [0.15, 0.2) is 30.3 Å². The molecule has 1 saturated heterocycles. The van der Waals surface area contributed by atoms with Gasteiger partial charge in [-0.3, -0.25) is 4.90 Å². The highest BCUT2D eigenvalue weighted by Crippen LogP contribution is 2.27. The molecule has 1 heterocycles. The van der Waals surface area contributed by atoms with Gasteiger partial charge in [0.1, 0.15) is 0 Å². The summed E-state index contributed by atoms with van der Waals surface area (Å²) in [4.78, 5) is 16.6. The van der Waals surface area contributed by atoms with Gasteiger partial charge in [-0.2, -0.15) is 0 Å². The lowest BCUT2D eigenvalue weighted by Crippen LogP contribution is -2.47. The highest BCUT2D eigenvalue weighted by atomic mass is 16.3. The van der Waals surface area contributed by atoms with E-state index in [-0.39, 0.29) is 18.7 Å². The molecule has 1 saturated carbocycles. The standard InChI is InChI=1S/C18H27N3O2/c1-14-11-16(13-20(14)12-15-5-3-2-4-6-15)19-18(23)21(9-10-22)17-7-8-17/h2-6,14,16-17,22H,7-13H2,1H3,(H,19,23). The van der Waals surface area contributed by atoms with Crippen molar-refractivity contribution in [2.45, 2.75) is 50.9 Å². The number of carbonyl (C=O) groups is 1. The van der Waals surface area contributed by atoms with Crippen LogP contribution < -0.4 is 5.32 Å². The number of aliphatic hydroxyl groups is 1. The van der Waals surface area contributed by atoms with Crippen LogP contribution in [0.25, 0.3) is 0 Å². The van der Waals surface area contributed by atoms with Crippen LogP contribution in [0.4, 0.5) is 4.79 Å². The second kappa shape index (κ2) is 7.32. The zero-order chi connectivity index (χ0) is 16.2. The van der Waals surface area contributed by atoms with Crippen molar-refractivity contribution in [3.8, 4) is 0 Å². The van der Waals surface area contributed by atoms with Gasteiger partial charge in [0, 0.05) is 37.8 Å². The summed E-state index contributed by atoms with van der Waals surface area (Å²) in [6.07, 6.45) is 3.11. The summed E-state index contributed by atoms with van der Waals surface area (Å²) < 4.78 is 0. The van der Waals surface area contributed by atoms with E-state index in [1.165, 1.54) is 5.56 Å². The third-order valence-electron chi connectivity index (χ3n) is 4.85. The van der Waals surface area contributed by atoms with E-state index in [9.17, 15) is 4.79 Å². The summed E-state index contributed by atoms with van der Waals surface area (Å²) in [5.74, 6) is 0. The van der Waals surface area contributed by atoms with E-state index in [1.54, 1.807) is 4.90 Å². The smallest absolute Gasteiger partial charge is 0.317 e. The Morgan fingerprint density at radius 1 is 1.35 bits per heavy atom. The van der Waals surface area contributed by atoms with Crippen LogP contribution in [0.2, 0.25) is 0 Å². The first-order chi connectivity index (χ1) is 11.2. The van der Waals surface area contributed by atoms with E-state index in [0.29, 0.717) is 18.6 Å². The Hall–Kier alpha value is -1.59. The Labute approximate surface area is 138 Å². The molecule has 0 bridgehead atoms. The molecule has 3 rings (SSSR count). The van der Waals surface area contributed by atoms with Crippen LogP contribution in [-0.4, -0.2) is 58.8 Å². The van der Waals surface area contributed by atoms with Crippen LogP contribution in [0, 0.1) is 0 Å². The quantitative estimate of drug-likeness (QED) is 0.841. The van der Waals surface area contributed by atoms with Gasteiger partial charge in [-0.05, 0) is 31.7 Å². The van der Waals surface area contributed by atoms with Crippen molar-refractivity contribution in [2.24, 2.45) is 0 Å². The van der Waals surface area contributed by atoms with Gasteiger partial charge in [0.2, 0.25) is 0 Å². The lowest BCUT2D eigenvalue weighted by Gasteiger charge is -2.24. The lowest BCUT2D eigenvalue weighted by atomic mass is 10.2. The Morgan fingerprint density at radius 3 is 2.74 bits per heavy atom. The van der Waals surface area contributed by atoms with E-state index < -0.39 is 0 Å². The van der Waals surface area contributed by atoms with Crippen LogP contribution in [0.3, 0.4) is 0 Å². The van der Waals surface area contributed by atoms with Gasteiger partial charge in [0.15, 0.2) is 0 Å². The molecule has 2 aliphatic rings. The van der Waals surface area contributed by atoms with Crippen molar-refractivity contribution >= 4 is 6.03 Å². The molecular formula is C18H27N3O2. The maximum atomic E-state index is 12.4. The summed E-state index contributed by atoms with van der Waals surface area (Å²) in [5.41, 5.74) is 1.31. The first-order valence-electron chi connectivity index (χ1n) is 8.63. The molecule has 1 aromatic rings. The number of carbonyl (C=O) groups excluding carboxylic acids is 1. The molecule has 0 spiro atoms. The predicted molar refractivity (Wildman–Crippen MR) is 90.1 cm³/mol. The Morgan fingerprint density at radius 2 is 2.09 bits per heavy atom. The van der Waals surface area contributed by atoms with Crippen molar-refractivity contribution in [3.05, 3.63) is 35.9 Å². The molecule has 1 aromatic carbocycles. The number of nitrogens with one attached hydrogen (secondary N) is 1.